The van der Waals surface area contributed by atoms with Crippen molar-refractivity contribution in [1.29, 1.82) is 0 Å². The van der Waals surface area contributed by atoms with Crippen molar-refractivity contribution in [2.45, 2.75) is 19.5 Å². The van der Waals surface area contributed by atoms with Crippen LogP contribution in [0, 0.1) is 11.6 Å². The molecule has 0 fully saturated rings. The van der Waals surface area contributed by atoms with Crippen LogP contribution in [0.5, 0.6) is 5.75 Å². The fourth-order valence-corrected chi connectivity index (χ4v) is 6.50. The quantitative estimate of drug-likeness (QED) is 0.224. The number of aliphatic hydroxyl groups excluding tert-OH is 1. The molecule has 1 N–H and O–H groups in total. The molecule has 0 saturated carbocycles. The summed E-state index contributed by atoms with van der Waals surface area (Å²) in [5, 5.41) is 17.0. The van der Waals surface area contributed by atoms with Crippen molar-refractivity contribution in [2.75, 3.05) is 38.8 Å². The van der Waals surface area contributed by atoms with Gasteiger partial charge in [-0.25, -0.2) is 18.7 Å². The third kappa shape index (κ3) is 5.09. The van der Waals surface area contributed by atoms with Crippen LogP contribution >= 0.6 is 11.3 Å². The number of amides is 1. The van der Waals surface area contributed by atoms with E-state index in [1.54, 1.807) is 11.1 Å². The Morgan fingerprint density at radius 3 is 2.70 bits per heavy atom. The van der Waals surface area contributed by atoms with Gasteiger partial charge in [-0.05, 0) is 42.6 Å². The van der Waals surface area contributed by atoms with Crippen LogP contribution in [-0.4, -0.2) is 69.5 Å². The third-order valence-corrected chi connectivity index (χ3v) is 8.60. The molecule has 12 heteroatoms. The average molecular weight is 617 g/mol. The number of nitrogens with zero attached hydrogens (tertiary/aromatic N) is 6. The first kappa shape index (κ1) is 29.4. The maximum absolute atomic E-state index is 15.9. The number of hydrogen-bond acceptors (Lipinski definition) is 8. The van der Waals surface area contributed by atoms with Crippen molar-refractivity contribution < 1.29 is 23.4 Å². The minimum atomic E-state index is -0.833. The first-order chi connectivity index (χ1) is 21.2. The summed E-state index contributed by atoms with van der Waals surface area (Å²) in [6, 6.07) is 9.20. The van der Waals surface area contributed by atoms with E-state index in [0.717, 1.165) is 34.6 Å². The average Bonchev–Trinajstić information content (AvgIpc) is 3.68. The Kier molecular flexibility index (Phi) is 7.87. The van der Waals surface area contributed by atoms with Gasteiger partial charge in [0.2, 0.25) is 5.91 Å². The molecule has 1 aromatic carbocycles. The zero-order valence-corrected chi connectivity index (χ0v) is 25.2. The summed E-state index contributed by atoms with van der Waals surface area (Å²) in [6.07, 6.45) is 3.03. The van der Waals surface area contributed by atoms with Gasteiger partial charge in [0, 0.05) is 60.2 Å². The Bertz CT molecular complexity index is 1890. The maximum Gasteiger partial charge on any atom is 0.246 e. The number of aromatic nitrogens is 4. The fourth-order valence-electron chi connectivity index (χ4n) is 5.55. The Morgan fingerprint density at radius 1 is 1.18 bits per heavy atom. The number of halogens is 2. The molecular formula is C32H30F2N6O3S. The van der Waals surface area contributed by atoms with Crippen molar-refractivity contribution in [3.63, 3.8) is 0 Å². The van der Waals surface area contributed by atoms with Gasteiger partial charge in [-0.15, -0.1) is 11.3 Å². The first-order valence-corrected chi connectivity index (χ1v) is 14.9. The molecule has 1 amide bonds. The number of rotatable bonds is 8. The molecule has 0 aliphatic carbocycles. The number of aliphatic hydroxyl groups is 1. The van der Waals surface area contributed by atoms with Crippen molar-refractivity contribution >= 4 is 33.1 Å². The summed E-state index contributed by atoms with van der Waals surface area (Å²) in [4.78, 5) is 25.8. The molecule has 44 heavy (non-hydrogen) atoms. The van der Waals surface area contributed by atoms with Gasteiger partial charge in [0.25, 0.3) is 0 Å². The van der Waals surface area contributed by atoms with Gasteiger partial charge >= 0.3 is 0 Å². The van der Waals surface area contributed by atoms with E-state index in [2.05, 4.69) is 11.6 Å². The maximum atomic E-state index is 15.9. The second-order valence-corrected chi connectivity index (χ2v) is 11.5. The van der Waals surface area contributed by atoms with Crippen molar-refractivity contribution in [3.05, 3.63) is 78.0 Å². The van der Waals surface area contributed by atoms with Gasteiger partial charge in [-0.2, -0.15) is 5.10 Å². The largest absolute Gasteiger partial charge is 0.490 e. The summed E-state index contributed by atoms with van der Waals surface area (Å²) in [5.74, 6) is -1.10. The topological polar surface area (TPSA) is 96.6 Å². The molecule has 226 valence electrons. The van der Waals surface area contributed by atoms with Gasteiger partial charge in [-0.3, -0.25) is 9.48 Å². The van der Waals surface area contributed by atoms with Crippen LogP contribution in [0.3, 0.4) is 0 Å². The Morgan fingerprint density at radius 2 is 2.00 bits per heavy atom. The molecule has 0 bridgehead atoms. The van der Waals surface area contributed by atoms with Gasteiger partial charge < -0.3 is 19.6 Å². The van der Waals surface area contributed by atoms with E-state index in [1.807, 2.05) is 60.2 Å². The van der Waals surface area contributed by atoms with E-state index in [-0.39, 0.29) is 36.5 Å². The number of ether oxygens (including phenoxy) is 1. The molecule has 0 saturated heterocycles. The summed E-state index contributed by atoms with van der Waals surface area (Å²) < 4.78 is 38.5. The summed E-state index contributed by atoms with van der Waals surface area (Å²) in [6.45, 7) is 5.95. The lowest BCUT2D eigenvalue weighted by molar-refractivity contribution is -0.129. The third-order valence-electron chi connectivity index (χ3n) is 7.66. The van der Waals surface area contributed by atoms with E-state index < -0.39 is 11.6 Å². The summed E-state index contributed by atoms with van der Waals surface area (Å²) in [7, 11) is 3.81. The van der Waals surface area contributed by atoms with E-state index in [9.17, 15) is 14.3 Å². The van der Waals surface area contributed by atoms with Crippen molar-refractivity contribution in [3.8, 4) is 39.5 Å². The second kappa shape index (κ2) is 11.8. The van der Waals surface area contributed by atoms with Crippen LogP contribution in [0.25, 0.3) is 43.9 Å². The zero-order chi connectivity index (χ0) is 31.1. The number of carbonyl (C=O) groups excluding carboxylic acids is 1. The molecule has 9 nitrogen and oxygen atoms in total. The Balaban J connectivity index is 1.63. The van der Waals surface area contributed by atoms with E-state index >= 15 is 4.39 Å². The monoisotopic (exact) mass is 616 g/mol. The number of fused-ring (bicyclic) bond motifs is 2. The molecule has 5 aromatic rings. The number of hydrogen-bond donors (Lipinski definition) is 1. The Labute approximate surface area is 256 Å². The molecule has 6 rings (SSSR count). The lowest BCUT2D eigenvalue weighted by Gasteiger charge is -2.33. The van der Waals surface area contributed by atoms with E-state index in [1.165, 1.54) is 17.4 Å². The predicted molar refractivity (Wildman–Crippen MR) is 167 cm³/mol. The van der Waals surface area contributed by atoms with Crippen LogP contribution in [0.15, 0.2) is 60.6 Å². The summed E-state index contributed by atoms with van der Waals surface area (Å²) in [5.41, 5.74) is 3.40. The number of anilines is 1. The van der Waals surface area contributed by atoms with Crippen molar-refractivity contribution in [2.24, 2.45) is 0 Å². The highest BCUT2D eigenvalue weighted by atomic mass is 32.1. The minimum absolute atomic E-state index is 0.0184. The highest BCUT2D eigenvalue weighted by Gasteiger charge is 2.31. The highest BCUT2D eigenvalue weighted by Crippen LogP contribution is 2.47. The SMILES string of the molecule is C=CC(=O)N1CCn2nc(-c3nc(-c4ccc(N(C)C)nc4)c4ccsc4c3-c3c(F)cc(F)cc3OCCO)cc2C1C. The number of thiophene rings is 1. The molecule has 1 atom stereocenters. The van der Waals surface area contributed by atoms with E-state index in [0.29, 0.717) is 40.4 Å². The molecule has 4 aromatic heterocycles. The lowest BCUT2D eigenvalue weighted by Crippen LogP contribution is -2.40. The van der Waals surface area contributed by atoms with Crippen LogP contribution in [0.1, 0.15) is 18.7 Å². The zero-order valence-electron chi connectivity index (χ0n) is 24.4. The molecule has 1 aliphatic rings. The van der Waals surface area contributed by atoms with Gasteiger partial charge in [0.05, 0.1) is 36.1 Å². The smallest absolute Gasteiger partial charge is 0.246 e. The number of carbonyl (C=O) groups is 1. The van der Waals surface area contributed by atoms with Crippen molar-refractivity contribution in [1.82, 2.24) is 24.6 Å². The van der Waals surface area contributed by atoms with Crippen LogP contribution < -0.4 is 9.64 Å². The second-order valence-electron chi connectivity index (χ2n) is 10.6. The minimum Gasteiger partial charge on any atom is -0.490 e. The van der Waals surface area contributed by atoms with Gasteiger partial charge in [0.1, 0.15) is 41.2 Å². The normalized spacial score (nSPS) is 14.5. The van der Waals surface area contributed by atoms with Crippen LogP contribution in [0.4, 0.5) is 14.6 Å². The predicted octanol–water partition coefficient (Wildman–Crippen LogP) is 5.69. The number of pyridine rings is 2. The molecule has 5 heterocycles. The van der Waals surface area contributed by atoms with Crippen LogP contribution in [0.2, 0.25) is 0 Å². The summed E-state index contributed by atoms with van der Waals surface area (Å²) >= 11 is 1.39. The van der Waals surface area contributed by atoms with Gasteiger partial charge in [0.15, 0.2) is 0 Å². The molecule has 0 radical (unpaired) electrons. The molecular weight excluding hydrogens is 586 g/mol. The Hall–Kier alpha value is -4.68. The highest BCUT2D eigenvalue weighted by molar-refractivity contribution is 7.18. The lowest BCUT2D eigenvalue weighted by atomic mass is 9.96. The molecule has 1 aliphatic heterocycles. The standard InChI is InChI=1S/C32H30F2N6O3S/c1-5-27(42)39-9-10-40-24(18(39)2)16-23(37-40)31-29(28-22(34)14-20(33)15-25(28)43-12-11-41)32-21(8-13-44-32)30(36-31)19-6-7-26(35-17-19)38(3)4/h5-8,13-18,41H,1,9-12H2,2-4H3. The fraction of sp³-hybridized carbons (Fsp3) is 0.250. The number of benzene rings is 1. The van der Waals surface area contributed by atoms with Gasteiger partial charge in [-0.1, -0.05) is 6.58 Å². The van der Waals surface area contributed by atoms with E-state index in [4.69, 9.17) is 14.8 Å². The molecule has 0 spiro atoms. The van der Waals surface area contributed by atoms with Crippen LogP contribution in [-0.2, 0) is 11.3 Å². The first-order valence-electron chi connectivity index (χ1n) is 14.0. The molecule has 1 unspecified atom stereocenters.